The number of benzene rings is 1. The van der Waals surface area contributed by atoms with E-state index in [4.69, 9.17) is 0 Å². The van der Waals surface area contributed by atoms with Crippen LogP contribution in [0.15, 0.2) is 43.0 Å². The van der Waals surface area contributed by atoms with E-state index in [0.29, 0.717) is 6.04 Å². The van der Waals surface area contributed by atoms with Crippen LogP contribution in [0.25, 0.3) is 0 Å². The molecule has 0 aliphatic carbocycles. The molecule has 0 saturated heterocycles. The average molecular weight is 203 g/mol. The highest BCUT2D eigenvalue weighted by molar-refractivity contribution is 5.47. The van der Waals surface area contributed by atoms with Gasteiger partial charge in [0.2, 0.25) is 0 Å². The van der Waals surface area contributed by atoms with E-state index >= 15 is 0 Å². The summed E-state index contributed by atoms with van der Waals surface area (Å²) in [5, 5.41) is 0. The maximum atomic E-state index is 3.93. The van der Waals surface area contributed by atoms with Gasteiger partial charge >= 0.3 is 0 Å². The van der Waals surface area contributed by atoms with Crippen molar-refractivity contribution < 1.29 is 0 Å². The standard InChI is InChI=1S/C14H21N/c1-4-10-13(5-2)15(6-3)14-11-8-7-9-12-14/h5,7-9,11-13H,2,4,6,10H2,1,3H3/t13-/m0/s1. The first kappa shape index (κ1) is 11.8. The van der Waals surface area contributed by atoms with Crippen molar-refractivity contribution in [2.75, 3.05) is 11.4 Å². The fourth-order valence-corrected chi connectivity index (χ4v) is 1.92. The second kappa shape index (κ2) is 6.28. The Kier molecular flexibility index (Phi) is 4.96. The van der Waals surface area contributed by atoms with E-state index < -0.39 is 0 Å². The summed E-state index contributed by atoms with van der Waals surface area (Å²) >= 11 is 0. The molecule has 1 rings (SSSR count). The minimum atomic E-state index is 0.461. The van der Waals surface area contributed by atoms with Crippen LogP contribution in [0.5, 0.6) is 0 Å². The Morgan fingerprint density at radius 1 is 1.27 bits per heavy atom. The van der Waals surface area contributed by atoms with Crippen molar-refractivity contribution in [2.45, 2.75) is 32.7 Å². The lowest BCUT2D eigenvalue weighted by molar-refractivity contribution is 0.637. The second-order valence-electron chi connectivity index (χ2n) is 3.71. The van der Waals surface area contributed by atoms with Crippen molar-refractivity contribution in [3.63, 3.8) is 0 Å². The van der Waals surface area contributed by atoms with Crippen LogP contribution in [0.2, 0.25) is 0 Å². The highest BCUT2D eigenvalue weighted by Crippen LogP contribution is 2.19. The van der Waals surface area contributed by atoms with Crippen molar-refractivity contribution in [1.82, 2.24) is 0 Å². The van der Waals surface area contributed by atoms with Gasteiger partial charge in [-0.05, 0) is 25.5 Å². The molecule has 0 amide bonds. The summed E-state index contributed by atoms with van der Waals surface area (Å²) in [5.74, 6) is 0. The second-order valence-corrected chi connectivity index (χ2v) is 3.71. The summed E-state index contributed by atoms with van der Waals surface area (Å²) in [4.78, 5) is 2.40. The van der Waals surface area contributed by atoms with E-state index in [0.717, 1.165) is 6.54 Å². The van der Waals surface area contributed by atoms with Gasteiger partial charge in [0.05, 0.1) is 0 Å². The molecule has 0 N–H and O–H groups in total. The number of para-hydroxylation sites is 1. The van der Waals surface area contributed by atoms with Gasteiger partial charge in [0.25, 0.3) is 0 Å². The highest BCUT2D eigenvalue weighted by atomic mass is 15.1. The van der Waals surface area contributed by atoms with Crippen molar-refractivity contribution in [1.29, 1.82) is 0 Å². The first-order valence-corrected chi connectivity index (χ1v) is 5.77. The van der Waals surface area contributed by atoms with Crippen molar-refractivity contribution in [3.8, 4) is 0 Å². The normalized spacial score (nSPS) is 12.1. The maximum absolute atomic E-state index is 3.93. The van der Waals surface area contributed by atoms with Crippen LogP contribution in [0.4, 0.5) is 5.69 Å². The van der Waals surface area contributed by atoms with E-state index in [1.54, 1.807) is 0 Å². The predicted octanol–water partition coefficient (Wildman–Crippen LogP) is 3.87. The van der Waals surface area contributed by atoms with Gasteiger partial charge in [-0.3, -0.25) is 0 Å². The fourth-order valence-electron chi connectivity index (χ4n) is 1.92. The third kappa shape index (κ3) is 3.12. The van der Waals surface area contributed by atoms with Crippen LogP contribution < -0.4 is 4.90 Å². The van der Waals surface area contributed by atoms with Gasteiger partial charge in [0, 0.05) is 18.3 Å². The first-order chi connectivity index (χ1) is 7.33. The Hall–Kier alpha value is -1.24. The SMILES string of the molecule is C=C[C@@H](CCC)N(CC)c1ccccc1. The quantitative estimate of drug-likeness (QED) is 0.634. The molecule has 1 nitrogen and oxygen atoms in total. The smallest absolute Gasteiger partial charge is 0.0470 e. The molecule has 0 unspecified atom stereocenters. The first-order valence-electron chi connectivity index (χ1n) is 5.77. The van der Waals surface area contributed by atoms with E-state index in [1.165, 1.54) is 18.5 Å². The van der Waals surface area contributed by atoms with Crippen LogP contribution in [-0.2, 0) is 0 Å². The zero-order valence-electron chi connectivity index (χ0n) is 9.82. The molecule has 0 bridgehead atoms. The number of hydrogen-bond donors (Lipinski definition) is 0. The Balaban J connectivity index is 2.82. The molecule has 1 atom stereocenters. The van der Waals surface area contributed by atoms with Crippen LogP contribution in [-0.4, -0.2) is 12.6 Å². The van der Waals surface area contributed by atoms with Gasteiger partial charge in [-0.2, -0.15) is 0 Å². The molecule has 0 heterocycles. The molecular weight excluding hydrogens is 182 g/mol. The molecule has 0 aromatic heterocycles. The molecular formula is C14H21N. The number of rotatable bonds is 6. The molecule has 15 heavy (non-hydrogen) atoms. The molecule has 1 aromatic carbocycles. The molecule has 0 aliphatic heterocycles. The molecule has 1 aromatic rings. The van der Waals surface area contributed by atoms with Gasteiger partial charge in [-0.25, -0.2) is 0 Å². The number of nitrogens with zero attached hydrogens (tertiary/aromatic N) is 1. The molecule has 0 aliphatic rings. The van der Waals surface area contributed by atoms with Gasteiger partial charge in [-0.1, -0.05) is 37.6 Å². The Bertz CT molecular complexity index is 279. The number of likely N-dealkylation sites (N-methyl/N-ethyl adjacent to an activating group) is 1. The average Bonchev–Trinajstić information content (AvgIpc) is 2.30. The fraction of sp³-hybridized carbons (Fsp3) is 0.429. The third-order valence-electron chi connectivity index (χ3n) is 2.69. The molecule has 0 radical (unpaired) electrons. The summed E-state index contributed by atoms with van der Waals surface area (Å²) in [7, 11) is 0. The number of anilines is 1. The Morgan fingerprint density at radius 2 is 1.93 bits per heavy atom. The van der Waals surface area contributed by atoms with E-state index in [2.05, 4.69) is 61.7 Å². The van der Waals surface area contributed by atoms with Crippen LogP contribution in [0.3, 0.4) is 0 Å². The summed E-state index contributed by atoms with van der Waals surface area (Å²) in [6, 6.07) is 11.0. The molecule has 82 valence electrons. The maximum Gasteiger partial charge on any atom is 0.0470 e. The lowest BCUT2D eigenvalue weighted by atomic mass is 10.1. The summed E-state index contributed by atoms with van der Waals surface area (Å²) < 4.78 is 0. The van der Waals surface area contributed by atoms with Gasteiger partial charge in [-0.15, -0.1) is 6.58 Å². The van der Waals surface area contributed by atoms with Crippen molar-refractivity contribution >= 4 is 5.69 Å². The molecule has 0 saturated carbocycles. The molecule has 1 heteroatoms. The van der Waals surface area contributed by atoms with Crippen LogP contribution >= 0.6 is 0 Å². The lowest BCUT2D eigenvalue weighted by Crippen LogP contribution is -2.33. The molecule has 0 spiro atoms. The largest absolute Gasteiger partial charge is 0.365 e. The van der Waals surface area contributed by atoms with E-state index in [-0.39, 0.29) is 0 Å². The van der Waals surface area contributed by atoms with Crippen molar-refractivity contribution in [3.05, 3.63) is 43.0 Å². The predicted molar refractivity (Wildman–Crippen MR) is 68.4 cm³/mol. The van der Waals surface area contributed by atoms with Crippen LogP contribution in [0.1, 0.15) is 26.7 Å². The summed E-state index contributed by atoms with van der Waals surface area (Å²) in [5.41, 5.74) is 1.29. The van der Waals surface area contributed by atoms with Gasteiger partial charge in [0.15, 0.2) is 0 Å². The van der Waals surface area contributed by atoms with Gasteiger partial charge < -0.3 is 4.90 Å². The topological polar surface area (TPSA) is 3.24 Å². The Labute approximate surface area is 93.4 Å². The summed E-state index contributed by atoms with van der Waals surface area (Å²) in [6.07, 6.45) is 4.42. The van der Waals surface area contributed by atoms with E-state index in [9.17, 15) is 0 Å². The van der Waals surface area contributed by atoms with Crippen molar-refractivity contribution in [2.24, 2.45) is 0 Å². The van der Waals surface area contributed by atoms with E-state index in [1.807, 2.05) is 0 Å². The third-order valence-corrected chi connectivity index (χ3v) is 2.69. The zero-order valence-corrected chi connectivity index (χ0v) is 9.82. The Morgan fingerprint density at radius 3 is 2.40 bits per heavy atom. The highest BCUT2D eigenvalue weighted by Gasteiger charge is 2.12. The zero-order chi connectivity index (χ0) is 11.1. The minimum absolute atomic E-state index is 0.461. The summed E-state index contributed by atoms with van der Waals surface area (Å²) in [6.45, 7) is 9.37. The number of hydrogen-bond acceptors (Lipinski definition) is 1. The lowest BCUT2D eigenvalue weighted by Gasteiger charge is -2.30. The molecule has 0 fully saturated rings. The van der Waals surface area contributed by atoms with Gasteiger partial charge in [0.1, 0.15) is 0 Å². The minimum Gasteiger partial charge on any atom is -0.365 e. The van der Waals surface area contributed by atoms with Crippen LogP contribution in [0, 0.1) is 0 Å². The monoisotopic (exact) mass is 203 g/mol.